The lowest BCUT2D eigenvalue weighted by Crippen LogP contribution is -2.00. The van der Waals surface area contributed by atoms with Gasteiger partial charge in [-0.25, -0.2) is 9.78 Å². The summed E-state index contributed by atoms with van der Waals surface area (Å²) in [6.45, 7) is 2.73. The summed E-state index contributed by atoms with van der Waals surface area (Å²) < 4.78 is 2.06. The third-order valence-electron chi connectivity index (χ3n) is 2.67. The second-order valence-corrected chi connectivity index (χ2v) is 4.02. The molecule has 0 bridgehead atoms. The van der Waals surface area contributed by atoms with Gasteiger partial charge >= 0.3 is 5.97 Å². The average Bonchev–Trinajstić information content (AvgIpc) is 2.74. The van der Waals surface area contributed by atoms with Gasteiger partial charge < -0.3 is 9.67 Å². The molecule has 1 aromatic heterocycles. The van der Waals surface area contributed by atoms with E-state index in [1.54, 1.807) is 12.3 Å². The first-order valence-corrected chi connectivity index (χ1v) is 5.63. The van der Waals surface area contributed by atoms with Crippen molar-refractivity contribution in [3.63, 3.8) is 0 Å². The van der Waals surface area contributed by atoms with Crippen LogP contribution in [0.2, 0.25) is 0 Å². The monoisotopic (exact) mass is 242 g/mol. The summed E-state index contributed by atoms with van der Waals surface area (Å²) in [6.07, 6.45) is 6.43. The fourth-order valence-corrected chi connectivity index (χ4v) is 1.67. The van der Waals surface area contributed by atoms with Crippen LogP contribution >= 0.6 is 0 Å². The molecule has 0 aliphatic heterocycles. The van der Waals surface area contributed by atoms with E-state index in [0.29, 0.717) is 0 Å². The van der Waals surface area contributed by atoms with Gasteiger partial charge in [-0.05, 0) is 24.1 Å². The molecule has 1 heterocycles. The quantitative estimate of drug-likeness (QED) is 0.837. The van der Waals surface area contributed by atoms with Crippen molar-refractivity contribution in [2.24, 2.45) is 0 Å². The Balaban J connectivity index is 2.08. The fourth-order valence-electron chi connectivity index (χ4n) is 1.67. The number of aliphatic carboxylic acids is 1. The van der Waals surface area contributed by atoms with E-state index in [1.807, 2.05) is 37.4 Å². The molecule has 1 aromatic carbocycles. The lowest BCUT2D eigenvalue weighted by atomic mass is 10.1. The summed E-state index contributed by atoms with van der Waals surface area (Å²) in [6, 6.07) is 7.78. The van der Waals surface area contributed by atoms with Gasteiger partial charge in [0.25, 0.3) is 0 Å². The molecule has 0 fully saturated rings. The molecule has 0 amide bonds. The van der Waals surface area contributed by atoms with Gasteiger partial charge in [0.2, 0.25) is 0 Å². The molecule has 0 aliphatic rings. The number of rotatable bonds is 4. The maximum absolute atomic E-state index is 10.4. The minimum Gasteiger partial charge on any atom is -0.478 e. The Morgan fingerprint density at radius 1 is 1.39 bits per heavy atom. The van der Waals surface area contributed by atoms with Crippen LogP contribution in [0.5, 0.6) is 0 Å². The maximum atomic E-state index is 10.4. The first-order valence-electron chi connectivity index (χ1n) is 5.63. The van der Waals surface area contributed by atoms with Gasteiger partial charge in [-0.3, -0.25) is 0 Å². The Hall–Kier alpha value is -2.36. The number of carbonyl (C=O) groups is 1. The van der Waals surface area contributed by atoms with Crippen LogP contribution in [0.4, 0.5) is 0 Å². The number of aromatic nitrogens is 2. The van der Waals surface area contributed by atoms with E-state index in [0.717, 1.165) is 29.6 Å². The van der Waals surface area contributed by atoms with Crippen molar-refractivity contribution in [1.29, 1.82) is 0 Å². The van der Waals surface area contributed by atoms with Crippen LogP contribution < -0.4 is 0 Å². The zero-order chi connectivity index (χ0) is 13.0. The molecule has 0 radical (unpaired) electrons. The number of aryl methyl sites for hydroxylation is 1. The first kappa shape index (κ1) is 12.1. The van der Waals surface area contributed by atoms with Crippen molar-refractivity contribution in [3.8, 4) is 0 Å². The Morgan fingerprint density at radius 2 is 2.11 bits per heavy atom. The average molecular weight is 242 g/mol. The zero-order valence-electron chi connectivity index (χ0n) is 10.1. The second kappa shape index (κ2) is 5.31. The lowest BCUT2D eigenvalue weighted by molar-refractivity contribution is -0.131. The summed E-state index contributed by atoms with van der Waals surface area (Å²) in [5.74, 6) is 0.0398. The van der Waals surface area contributed by atoms with Gasteiger partial charge in [-0.2, -0.15) is 0 Å². The van der Waals surface area contributed by atoms with E-state index in [2.05, 4.69) is 9.55 Å². The van der Waals surface area contributed by atoms with Crippen LogP contribution in [-0.4, -0.2) is 20.6 Å². The number of hydrogen-bond donors (Lipinski definition) is 1. The molecular weight excluding hydrogens is 228 g/mol. The van der Waals surface area contributed by atoms with E-state index in [-0.39, 0.29) is 0 Å². The normalized spacial score (nSPS) is 10.9. The molecule has 0 saturated heterocycles. The highest BCUT2D eigenvalue weighted by molar-refractivity contribution is 5.85. The van der Waals surface area contributed by atoms with Gasteiger partial charge in [0.15, 0.2) is 0 Å². The van der Waals surface area contributed by atoms with Crippen LogP contribution in [0.15, 0.2) is 42.7 Å². The molecular formula is C14H14N2O2. The van der Waals surface area contributed by atoms with Crippen LogP contribution in [0.1, 0.15) is 17.0 Å². The molecule has 4 heteroatoms. The summed E-state index contributed by atoms with van der Waals surface area (Å²) in [5, 5.41) is 8.53. The summed E-state index contributed by atoms with van der Waals surface area (Å²) >= 11 is 0. The maximum Gasteiger partial charge on any atom is 0.328 e. The van der Waals surface area contributed by atoms with Gasteiger partial charge in [0.1, 0.15) is 5.82 Å². The Kier molecular flexibility index (Phi) is 3.57. The molecule has 2 rings (SSSR count). The standard InChI is InChI=1S/C14H14N2O2/c1-11-15-8-9-16(11)10-13-4-2-12(3-5-13)6-7-14(17)18/h2-9H,10H2,1H3,(H,17,18)/b7-6+. The predicted octanol–water partition coefficient (Wildman–Crippen LogP) is 2.34. The molecule has 0 unspecified atom stereocenters. The molecule has 2 aromatic rings. The van der Waals surface area contributed by atoms with Crippen LogP contribution in [0.25, 0.3) is 6.08 Å². The third kappa shape index (κ3) is 3.07. The number of nitrogens with zero attached hydrogens (tertiary/aromatic N) is 2. The van der Waals surface area contributed by atoms with E-state index in [4.69, 9.17) is 5.11 Å². The fraction of sp³-hybridized carbons (Fsp3) is 0.143. The van der Waals surface area contributed by atoms with E-state index < -0.39 is 5.97 Å². The Labute approximate surface area is 105 Å². The lowest BCUT2D eigenvalue weighted by Gasteiger charge is -2.05. The second-order valence-electron chi connectivity index (χ2n) is 4.02. The number of carboxylic acids is 1. The molecule has 18 heavy (non-hydrogen) atoms. The minimum atomic E-state index is -0.937. The topological polar surface area (TPSA) is 55.1 Å². The number of hydrogen-bond acceptors (Lipinski definition) is 2. The van der Waals surface area contributed by atoms with Gasteiger partial charge in [0.05, 0.1) is 0 Å². The third-order valence-corrected chi connectivity index (χ3v) is 2.67. The summed E-state index contributed by atoms with van der Waals surface area (Å²) in [5.41, 5.74) is 2.03. The highest BCUT2D eigenvalue weighted by atomic mass is 16.4. The minimum absolute atomic E-state index is 0.773. The van der Waals surface area contributed by atoms with Crippen molar-refractivity contribution in [2.75, 3.05) is 0 Å². The van der Waals surface area contributed by atoms with Crippen LogP contribution in [0.3, 0.4) is 0 Å². The van der Waals surface area contributed by atoms with Gasteiger partial charge in [-0.1, -0.05) is 24.3 Å². The SMILES string of the molecule is Cc1nccn1Cc1ccc(/C=C/C(=O)O)cc1. The van der Waals surface area contributed by atoms with Crippen LogP contribution in [-0.2, 0) is 11.3 Å². The Bertz CT molecular complexity index is 568. The van der Waals surface area contributed by atoms with E-state index >= 15 is 0 Å². The van der Waals surface area contributed by atoms with Gasteiger partial charge in [-0.15, -0.1) is 0 Å². The molecule has 0 spiro atoms. The first-order chi connectivity index (χ1) is 8.65. The number of benzene rings is 1. The van der Waals surface area contributed by atoms with Crippen molar-refractivity contribution < 1.29 is 9.90 Å². The summed E-state index contributed by atoms with van der Waals surface area (Å²) in [7, 11) is 0. The predicted molar refractivity (Wildman–Crippen MR) is 69.2 cm³/mol. The number of imidazole rings is 1. The van der Waals surface area contributed by atoms with Crippen molar-refractivity contribution in [3.05, 3.63) is 59.7 Å². The van der Waals surface area contributed by atoms with Gasteiger partial charge in [0, 0.05) is 25.0 Å². The zero-order valence-corrected chi connectivity index (χ0v) is 10.1. The van der Waals surface area contributed by atoms with Crippen molar-refractivity contribution in [2.45, 2.75) is 13.5 Å². The van der Waals surface area contributed by atoms with Crippen molar-refractivity contribution in [1.82, 2.24) is 9.55 Å². The smallest absolute Gasteiger partial charge is 0.328 e. The Morgan fingerprint density at radius 3 is 2.67 bits per heavy atom. The molecule has 1 N–H and O–H groups in total. The van der Waals surface area contributed by atoms with Crippen LogP contribution in [0, 0.1) is 6.92 Å². The van der Waals surface area contributed by atoms with E-state index in [9.17, 15) is 4.79 Å². The summed E-state index contributed by atoms with van der Waals surface area (Å²) in [4.78, 5) is 14.6. The molecule has 92 valence electrons. The molecule has 0 saturated carbocycles. The molecule has 0 aliphatic carbocycles. The largest absolute Gasteiger partial charge is 0.478 e. The van der Waals surface area contributed by atoms with Crippen molar-refractivity contribution >= 4 is 12.0 Å². The molecule has 0 atom stereocenters. The molecule has 4 nitrogen and oxygen atoms in total. The highest BCUT2D eigenvalue weighted by Crippen LogP contribution is 2.09. The number of carboxylic acid groups (broad SMARTS) is 1. The highest BCUT2D eigenvalue weighted by Gasteiger charge is 1.98. The van der Waals surface area contributed by atoms with E-state index in [1.165, 1.54) is 0 Å².